The maximum atomic E-state index is 10.8. The maximum Gasteiger partial charge on any atom is 0.129 e. The molecule has 1 aliphatic rings. The quantitative estimate of drug-likeness (QED) is 0.688. The van der Waals surface area contributed by atoms with Crippen LogP contribution in [-0.2, 0) is 4.79 Å². The highest BCUT2D eigenvalue weighted by molar-refractivity contribution is 5.75. The highest BCUT2D eigenvalue weighted by Crippen LogP contribution is 2.14. The van der Waals surface area contributed by atoms with Gasteiger partial charge in [0.25, 0.3) is 0 Å². The van der Waals surface area contributed by atoms with E-state index in [1.54, 1.807) is 6.92 Å². The fraction of sp³-hybridized carbons (Fsp3) is 0.917. The lowest BCUT2D eigenvalue weighted by molar-refractivity contribution is -0.117. The van der Waals surface area contributed by atoms with Gasteiger partial charge in [-0.05, 0) is 59.9 Å². The maximum absolute atomic E-state index is 10.8. The molecule has 1 rings (SSSR count). The van der Waals surface area contributed by atoms with Gasteiger partial charge in [-0.2, -0.15) is 0 Å². The van der Waals surface area contributed by atoms with Gasteiger partial charge in [-0.1, -0.05) is 0 Å². The third-order valence-electron chi connectivity index (χ3n) is 3.29. The number of hydrogen-bond donors (Lipinski definition) is 0. The molecule has 0 aromatic heterocycles. The lowest BCUT2D eigenvalue weighted by Crippen LogP contribution is -2.42. The van der Waals surface area contributed by atoms with E-state index in [1.807, 2.05) is 0 Å². The minimum absolute atomic E-state index is 0.318. The van der Waals surface area contributed by atoms with Gasteiger partial charge >= 0.3 is 0 Å². The van der Waals surface area contributed by atoms with Crippen molar-refractivity contribution in [2.75, 3.05) is 33.7 Å². The smallest absolute Gasteiger partial charge is 0.129 e. The Hall–Kier alpha value is -0.410. The first-order chi connectivity index (χ1) is 7.09. The van der Waals surface area contributed by atoms with E-state index < -0.39 is 0 Å². The summed E-state index contributed by atoms with van der Waals surface area (Å²) in [4.78, 5) is 15.6. The summed E-state index contributed by atoms with van der Waals surface area (Å²) in [6.45, 7) is 5.17. The van der Waals surface area contributed by atoms with Gasteiger partial charge < -0.3 is 14.6 Å². The van der Waals surface area contributed by atoms with Crippen molar-refractivity contribution in [3.8, 4) is 0 Å². The predicted octanol–water partition coefficient (Wildman–Crippen LogP) is 1.38. The molecule has 0 N–H and O–H groups in total. The summed E-state index contributed by atoms with van der Waals surface area (Å²) in [5, 5.41) is 0. The highest BCUT2D eigenvalue weighted by atomic mass is 16.1. The zero-order valence-electron chi connectivity index (χ0n) is 10.3. The summed E-state index contributed by atoms with van der Waals surface area (Å²) in [5.74, 6) is 0.318. The van der Waals surface area contributed by atoms with Gasteiger partial charge in [0.1, 0.15) is 5.78 Å². The van der Waals surface area contributed by atoms with Gasteiger partial charge in [-0.3, -0.25) is 0 Å². The highest BCUT2D eigenvalue weighted by Gasteiger charge is 2.19. The van der Waals surface area contributed by atoms with Crippen LogP contribution in [0.3, 0.4) is 0 Å². The number of rotatable bonds is 5. The van der Waals surface area contributed by atoms with E-state index in [0.29, 0.717) is 5.78 Å². The van der Waals surface area contributed by atoms with Gasteiger partial charge in [0.2, 0.25) is 0 Å². The molecule has 1 saturated heterocycles. The van der Waals surface area contributed by atoms with Crippen LogP contribution in [0.15, 0.2) is 0 Å². The fourth-order valence-corrected chi connectivity index (χ4v) is 2.21. The predicted molar refractivity (Wildman–Crippen MR) is 63.1 cm³/mol. The van der Waals surface area contributed by atoms with Gasteiger partial charge in [-0.15, -0.1) is 0 Å². The number of Topliss-reactive ketones (excluding diaryl/α,β-unsaturated/α-hetero) is 1. The first-order valence-electron chi connectivity index (χ1n) is 5.98. The largest absolute Gasteiger partial charge is 0.306 e. The average Bonchev–Trinajstić information content (AvgIpc) is 2.18. The Morgan fingerprint density at radius 1 is 1.33 bits per heavy atom. The molecule has 15 heavy (non-hydrogen) atoms. The second-order valence-electron chi connectivity index (χ2n) is 4.84. The van der Waals surface area contributed by atoms with E-state index in [-0.39, 0.29) is 0 Å². The molecule has 0 saturated carbocycles. The summed E-state index contributed by atoms with van der Waals surface area (Å²) in [6.07, 6.45) is 4.32. The molecule has 0 radical (unpaired) electrons. The molecule has 88 valence electrons. The number of nitrogens with zero attached hydrogens (tertiary/aromatic N) is 2. The second-order valence-corrected chi connectivity index (χ2v) is 4.84. The van der Waals surface area contributed by atoms with Crippen molar-refractivity contribution < 1.29 is 4.79 Å². The first kappa shape index (κ1) is 12.7. The van der Waals surface area contributed by atoms with Gasteiger partial charge in [0, 0.05) is 12.5 Å². The molecule has 1 fully saturated rings. The van der Waals surface area contributed by atoms with Crippen LogP contribution in [0.25, 0.3) is 0 Å². The monoisotopic (exact) mass is 212 g/mol. The van der Waals surface area contributed by atoms with Crippen LogP contribution in [0.2, 0.25) is 0 Å². The van der Waals surface area contributed by atoms with E-state index in [2.05, 4.69) is 23.9 Å². The van der Waals surface area contributed by atoms with Crippen molar-refractivity contribution in [2.45, 2.75) is 38.6 Å². The number of piperidine rings is 1. The third kappa shape index (κ3) is 4.76. The van der Waals surface area contributed by atoms with Crippen molar-refractivity contribution in [3.63, 3.8) is 0 Å². The van der Waals surface area contributed by atoms with Crippen LogP contribution in [0, 0.1) is 0 Å². The lowest BCUT2D eigenvalue weighted by atomic mass is 10.0. The zero-order chi connectivity index (χ0) is 11.3. The standard InChI is InChI=1S/C12H24N2O/c1-11(15)5-4-8-14-9-6-12(7-10-14)13(2)3/h12H,4-10H2,1-3H3. The Morgan fingerprint density at radius 2 is 1.93 bits per heavy atom. The Morgan fingerprint density at radius 3 is 2.40 bits per heavy atom. The van der Waals surface area contributed by atoms with E-state index in [4.69, 9.17) is 0 Å². The van der Waals surface area contributed by atoms with Gasteiger partial charge in [-0.25, -0.2) is 0 Å². The molecule has 1 heterocycles. The molecule has 0 spiro atoms. The van der Waals surface area contributed by atoms with E-state index in [9.17, 15) is 4.79 Å². The van der Waals surface area contributed by atoms with Crippen molar-refractivity contribution in [2.24, 2.45) is 0 Å². The molecule has 3 heteroatoms. The van der Waals surface area contributed by atoms with E-state index in [1.165, 1.54) is 25.9 Å². The van der Waals surface area contributed by atoms with Crippen molar-refractivity contribution in [3.05, 3.63) is 0 Å². The fourth-order valence-electron chi connectivity index (χ4n) is 2.21. The van der Waals surface area contributed by atoms with Crippen molar-refractivity contribution >= 4 is 5.78 Å². The number of likely N-dealkylation sites (tertiary alicyclic amines) is 1. The Bertz CT molecular complexity index is 196. The average molecular weight is 212 g/mol. The number of carbonyl (C=O) groups is 1. The summed E-state index contributed by atoms with van der Waals surface area (Å²) in [6, 6.07) is 0.758. The Balaban J connectivity index is 2.12. The Labute approximate surface area is 93.4 Å². The van der Waals surface area contributed by atoms with Crippen LogP contribution < -0.4 is 0 Å². The number of ketones is 1. The zero-order valence-corrected chi connectivity index (χ0v) is 10.3. The normalized spacial score (nSPS) is 19.7. The van der Waals surface area contributed by atoms with E-state index in [0.717, 1.165) is 25.4 Å². The minimum Gasteiger partial charge on any atom is -0.306 e. The van der Waals surface area contributed by atoms with Crippen LogP contribution >= 0.6 is 0 Å². The summed E-state index contributed by atoms with van der Waals surface area (Å²) in [5.41, 5.74) is 0. The molecular weight excluding hydrogens is 188 g/mol. The third-order valence-corrected chi connectivity index (χ3v) is 3.29. The van der Waals surface area contributed by atoms with Crippen molar-refractivity contribution in [1.29, 1.82) is 0 Å². The van der Waals surface area contributed by atoms with Crippen LogP contribution in [0.1, 0.15) is 32.6 Å². The molecule has 0 amide bonds. The SMILES string of the molecule is CC(=O)CCCN1CCC(N(C)C)CC1. The summed E-state index contributed by atoms with van der Waals surface area (Å²) < 4.78 is 0. The summed E-state index contributed by atoms with van der Waals surface area (Å²) >= 11 is 0. The molecular formula is C12H24N2O. The van der Waals surface area contributed by atoms with Gasteiger partial charge in [0.05, 0.1) is 0 Å². The lowest BCUT2D eigenvalue weighted by Gasteiger charge is -2.35. The van der Waals surface area contributed by atoms with Crippen LogP contribution in [0.5, 0.6) is 0 Å². The van der Waals surface area contributed by atoms with E-state index >= 15 is 0 Å². The molecule has 3 nitrogen and oxygen atoms in total. The molecule has 0 bridgehead atoms. The molecule has 0 unspecified atom stereocenters. The van der Waals surface area contributed by atoms with Crippen molar-refractivity contribution in [1.82, 2.24) is 9.80 Å². The molecule has 0 aliphatic carbocycles. The first-order valence-corrected chi connectivity index (χ1v) is 5.98. The molecule has 0 aromatic carbocycles. The Kier molecular flexibility index (Phi) is 5.26. The summed E-state index contributed by atoms with van der Waals surface area (Å²) in [7, 11) is 4.33. The molecule has 0 atom stereocenters. The van der Waals surface area contributed by atoms with Crippen LogP contribution in [-0.4, -0.2) is 55.4 Å². The topological polar surface area (TPSA) is 23.6 Å². The number of hydrogen-bond acceptors (Lipinski definition) is 3. The number of carbonyl (C=O) groups excluding carboxylic acids is 1. The van der Waals surface area contributed by atoms with Crippen LogP contribution in [0.4, 0.5) is 0 Å². The van der Waals surface area contributed by atoms with Gasteiger partial charge in [0.15, 0.2) is 0 Å². The minimum atomic E-state index is 0.318. The molecule has 1 aliphatic heterocycles. The second kappa shape index (κ2) is 6.23. The molecule has 0 aromatic rings.